The maximum Gasteiger partial charge on any atom is 0.407 e. The summed E-state index contributed by atoms with van der Waals surface area (Å²) in [5.41, 5.74) is -0.309. The molecular formula is C15H25ClN4O3. The number of aromatic nitrogens is 2. The Labute approximate surface area is 141 Å². The van der Waals surface area contributed by atoms with Crippen molar-refractivity contribution in [3.63, 3.8) is 0 Å². The Kier molecular flexibility index (Phi) is 7.35. The van der Waals surface area contributed by atoms with Crippen molar-refractivity contribution in [2.75, 3.05) is 18.4 Å². The Hall–Kier alpha value is -1.76. The van der Waals surface area contributed by atoms with E-state index in [1.807, 2.05) is 27.7 Å². The first-order valence-electron chi connectivity index (χ1n) is 7.71. The molecule has 0 unspecified atom stereocenters. The van der Waals surface area contributed by atoms with Crippen LogP contribution in [0.15, 0.2) is 11.0 Å². The summed E-state index contributed by atoms with van der Waals surface area (Å²) in [5, 5.41) is 9.90. The fraction of sp³-hybridized carbons (Fsp3) is 0.667. The number of carbonyl (C=O) groups excluding carboxylic acids is 1. The minimum Gasteiger partial charge on any atom is -0.444 e. The summed E-state index contributed by atoms with van der Waals surface area (Å²) in [5.74, 6) is 0. The Bertz CT molecular complexity index is 581. The molecule has 23 heavy (non-hydrogen) atoms. The number of halogens is 1. The number of hydrogen-bond acceptors (Lipinski definition) is 5. The van der Waals surface area contributed by atoms with Crippen LogP contribution in [0.5, 0.6) is 0 Å². The topological polar surface area (TPSA) is 85.2 Å². The van der Waals surface area contributed by atoms with Crippen molar-refractivity contribution in [2.45, 2.75) is 52.7 Å². The van der Waals surface area contributed by atoms with Crippen LogP contribution in [0.4, 0.5) is 10.5 Å². The van der Waals surface area contributed by atoms with Crippen molar-refractivity contribution >= 4 is 23.4 Å². The van der Waals surface area contributed by atoms with Gasteiger partial charge in [-0.05, 0) is 33.6 Å². The van der Waals surface area contributed by atoms with E-state index in [9.17, 15) is 9.59 Å². The zero-order valence-electron chi connectivity index (χ0n) is 14.1. The number of alkyl carbamates (subject to hydrolysis) is 1. The molecule has 1 aromatic heterocycles. The lowest BCUT2D eigenvalue weighted by atomic mass is 10.2. The molecule has 0 aliphatic rings. The Morgan fingerprint density at radius 3 is 2.70 bits per heavy atom. The minimum atomic E-state index is -0.510. The van der Waals surface area contributed by atoms with E-state index in [0.29, 0.717) is 31.7 Å². The smallest absolute Gasteiger partial charge is 0.407 e. The van der Waals surface area contributed by atoms with Gasteiger partial charge < -0.3 is 15.4 Å². The van der Waals surface area contributed by atoms with Crippen LogP contribution in [0.25, 0.3) is 0 Å². The van der Waals surface area contributed by atoms with Crippen LogP contribution >= 0.6 is 11.6 Å². The molecule has 1 heterocycles. The van der Waals surface area contributed by atoms with Gasteiger partial charge in [-0.3, -0.25) is 4.79 Å². The first-order valence-corrected chi connectivity index (χ1v) is 8.08. The van der Waals surface area contributed by atoms with Crippen molar-refractivity contribution in [1.82, 2.24) is 15.1 Å². The van der Waals surface area contributed by atoms with Crippen molar-refractivity contribution in [1.29, 1.82) is 0 Å². The van der Waals surface area contributed by atoms with Gasteiger partial charge in [0.25, 0.3) is 5.56 Å². The van der Waals surface area contributed by atoms with Crippen LogP contribution in [0.3, 0.4) is 0 Å². The van der Waals surface area contributed by atoms with E-state index < -0.39 is 11.7 Å². The SMILES string of the molecule is CCCn1ncc(NCCCNC(=O)OC(C)(C)C)c(Cl)c1=O. The first-order chi connectivity index (χ1) is 10.7. The average molecular weight is 345 g/mol. The second-order valence-electron chi connectivity index (χ2n) is 6.11. The second kappa shape index (κ2) is 8.76. The van der Waals surface area contributed by atoms with Crippen LogP contribution in [-0.4, -0.2) is 34.6 Å². The largest absolute Gasteiger partial charge is 0.444 e. The first kappa shape index (κ1) is 19.3. The van der Waals surface area contributed by atoms with E-state index >= 15 is 0 Å². The summed E-state index contributed by atoms with van der Waals surface area (Å²) in [6, 6.07) is 0. The highest BCUT2D eigenvalue weighted by Gasteiger charge is 2.15. The Morgan fingerprint density at radius 1 is 1.39 bits per heavy atom. The van der Waals surface area contributed by atoms with E-state index in [1.165, 1.54) is 4.68 Å². The molecule has 8 heteroatoms. The molecule has 130 valence electrons. The summed E-state index contributed by atoms with van der Waals surface area (Å²) in [7, 11) is 0. The molecule has 0 spiro atoms. The van der Waals surface area contributed by atoms with Gasteiger partial charge in [0.2, 0.25) is 0 Å². The van der Waals surface area contributed by atoms with Crippen LogP contribution < -0.4 is 16.2 Å². The van der Waals surface area contributed by atoms with E-state index in [-0.39, 0.29) is 10.6 Å². The lowest BCUT2D eigenvalue weighted by Gasteiger charge is -2.19. The predicted octanol–water partition coefficient (Wildman–Crippen LogP) is 2.63. The highest BCUT2D eigenvalue weighted by Crippen LogP contribution is 2.15. The molecule has 0 atom stereocenters. The number of aryl methyl sites for hydroxylation is 1. The van der Waals surface area contributed by atoms with Gasteiger partial charge in [0.05, 0.1) is 11.9 Å². The number of nitrogens with zero attached hydrogens (tertiary/aromatic N) is 2. The molecule has 7 nitrogen and oxygen atoms in total. The van der Waals surface area contributed by atoms with Crippen LogP contribution in [0.2, 0.25) is 5.02 Å². The van der Waals surface area contributed by atoms with Crippen molar-refractivity contribution in [3.8, 4) is 0 Å². The fourth-order valence-electron chi connectivity index (χ4n) is 1.78. The van der Waals surface area contributed by atoms with Crippen molar-refractivity contribution < 1.29 is 9.53 Å². The third-order valence-electron chi connectivity index (χ3n) is 2.76. The van der Waals surface area contributed by atoms with Gasteiger partial charge in [0.1, 0.15) is 10.6 Å². The van der Waals surface area contributed by atoms with Crippen LogP contribution in [0.1, 0.15) is 40.5 Å². The van der Waals surface area contributed by atoms with Crippen molar-refractivity contribution in [2.24, 2.45) is 0 Å². The average Bonchev–Trinajstić information content (AvgIpc) is 2.44. The lowest BCUT2D eigenvalue weighted by Crippen LogP contribution is -2.33. The molecule has 0 saturated carbocycles. The molecule has 0 bridgehead atoms. The summed E-state index contributed by atoms with van der Waals surface area (Å²) < 4.78 is 6.47. The molecule has 0 saturated heterocycles. The Balaban J connectivity index is 2.38. The van der Waals surface area contributed by atoms with Gasteiger partial charge >= 0.3 is 6.09 Å². The molecule has 2 N–H and O–H groups in total. The summed E-state index contributed by atoms with van der Waals surface area (Å²) in [6.07, 6.45) is 2.57. The van der Waals surface area contributed by atoms with Gasteiger partial charge in [-0.2, -0.15) is 5.10 Å². The zero-order chi connectivity index (χ0) is 17.5. The number of carbonyl (C=O) groups is 1. The van der Waals surface area contributed by atoms with E-state index in [0.717, 1.165) is 6.42 Å². The highest BCUT2D eigenvalue weighted by atomic mass is 35.5. The lowest BCUT2D eigenvalue weighted by molar-refractivity contribution is 0.0528. The van der Waals surface area contributed by atoms with Gasteiger partial charge in [0.15, 0.2) is 0 Å². The third kappa shape index (κ3) is 6.90. The van der Waals surface area contributed by atoms with E-state index in [1.54, 1.807) is 6.20 Å². The standard InChI is InChI=1S/C15H25ClN4O3/c1-5-9-20-13(21)12(16)11(10-19-20)17-7-6-8-18-14(22)23-15(2,3)4/h10,17H,5-9H2,1-4H3,(H,18,22). The molecule has 0 aliphatic carbocycles. The van der Waals surface area contributed by atoms with E-state index in [2.05, 4.69) is 15.7 Å². The van der Waals surface area contributed by atoms with Gasteiger partial charge in [0, 0.05) is 19.6 Å². The maximum atomic E-state index is 11.9. The molecule has 1 aromatic rings. The van der Waals surface area contributed by atoms with Gasteiger partial charge in [-0.15, -0.1) is 0 Å². The monoisotopic (exact) mass is 344 g/mol. The number of nitrogens with one attached hydrogen (secondary N) is 2. The van der Waals surface area contributed by atoms with Gasteiger partial charge in [-0.25, -0.2) is 9.48 Å². The van der Waals surface area contributed by atoms with Crippen LogP contribution in [-0.2, 0) is 11.3 Å². The fourth-order valence-corrected chi connectivity index (χ4v) is 1.99. The maximum absolute atomic E-state index is 11.9. The Morgan fingerprint density at radius 2 is 2.09 bits per heavy atom. The molecule has 0 aliphatic heterocycles. The molecular weight excluding hydrogens is 320 g/mol. The summed E-state index contributed by atoms with van der Waals surface area (Å²) in [4.78, 5) is 23.4. The molecule has 0 fully saturated rings. The molecule has 1 amide bonds. The molecule has 0 radical (unpaired) electrons. The highest BCUT2D eigenvalue weighted by molar-refractivity contribution is 6.32. The number of hydrogen-bond donors (Lipinski definition) is 2. The normalized spacial score (nSPS) is 11.2. The number of amides is 1. The zero-order valence-corrected chi connectivity index (χ0v) is 14.9. The van der Waals surface area contributed by atoms with E-state index in [4.69, 9.17) is 16.3 Å². The molecule has 0 aromatic carbocycles. The number of anilines is 1. The minimum absolute atomic E-state index is 0.133. The molecule has 1 rings (SSSR count). The second-order valence-corrected chi connectivity index (χ2v) is 6.49. The number of ether oxygens (including phenoxy) is 1. The summed E-state index contributed by atoms with van der Waals surface area (Å²) in [6.45, 7) is 8.94. The summed E-state index contributed by atoms with van der Waals surface area (Å²) >= 11 is 6.04. The van der Waals surface area contributed by atoms with Crippen LogP contribution in [0, 0.1) is 0 Å². The third-order valence-corrected chi connectivity index (χ3v) is 3.12. The quantitative estimate of drug-likeness (QED) is 0.743. The van der Waals surface area contributed by atoms with Gasteiger partial charge in [-0.1, -0.05) is 18.5 Å². The number of rotatable bonds is 7. The predicted molar refractivity (Wildman–Crippen MR) is 91.1 cm³/mol. The van der Waals surface area contributed by atoms with Crippen molar-refractivity contribution in [3.05, 3.63) is 21.6 Å².